The molecule has 0 saturated carbocycles. The van der Waals surface area contributed by atoms with Gasteiger partial charge in [0, 0.05) is 43.5 Å². The molecule has 2 atom stereocenters. The number of aromatic nitrogens is 1. The molecule has 19 heavy (non-hydrogen) atoms. The summed E-state index contributed by atoms with van der Waals surface area (Å²) < 4.78 is 0. The smallest absolute Gasteiger partial charge is 0.315 e. The Balaban J connectivity index is 1.70. The van der Waals surface area contributed by atoms with Crippen LogP contribution in [0.3, 0.4) is 0 Å². The summed E-state index contributed by atoms with van der Waals surface area (Å²) in [7, 11) is 0. The second-order valence-corrected chi connectivity index (χ2v) is 4.95. The molecule has 6 heteroatoms. The van der Waals surface area contributed by atoms with Gasteiger partial charge in [-0.05, 0) is 31.5 Å². The van der Waals surface area contributed by atoms with Gasteiger partial charge in [-0.1, -0.05) is 0 Å². The van der Waals surface area contributed by atoms with Crippen LogP contribution in [0.1, 0.15) is 19.4 Å². The average molecular weight is 263 g/mol. The Morgan fingerprint density at radius 1 is 1.21 bits per heavy atom. The van der Waals surface area contributed by atoms with Gasteiger partial charge in [0.05, 0.1) is 0 Å². The molecule has 1 aliphatic rings. The van der Waals surface area contributed by atoms with E-state index in [-0.39, 0.29) is 6.03 Å². The highest BCUT2D eigenvalue weighted by Crippen LogP contribution is 2.12. The quantitative estimate of drug-likeness (QED) is 0.633. The number of hydrogen-bond donors (Lipinski definition) is 4. The van der Waals surface area contributed by atoms with Crippen molar-refractivity contribution < 1.29 is 4.79 Å². The minimum absolute atomic E-state index is 0.136. The molecular weight excluding hydrogens is 242 g/mol. The molecule has 1 aromatic heterocycles. The fourth-order valence-corrected chi connectivity index (χ4v) is 2.22. The predicted octanol–water partition coefficient (Wildman–Crippen LogP) is 0.382. The van der Waals surface area contributed by atoms with Crippen LogP contribution in [0.2, 0.25) is 0 Å². The minimum atomic E-state index is -0.136. The molecule has 2 unspecified atom stereocenters. The molecule has 1 aromatic rings. The highest BCUT2D eigenvalue weighted by molar-refractivity contribution is 5.73. The third-order valence-corrected chi connectivity index (χ3v) is 3.52. The van der Waals surface area contributed by atoms with Crippen molar-refractivity contribution in [2.75, 3.05) is 6.54 Å². The minimum Gasteiger partial charge on any atom is -0.338 e. The van der Waals surface area contributed by atoms with Gasteiger partial charge in [-0.3, -0.25) is 15.8 Å². The van der Waals surface area contributed by atoms with Crippen LogP contribution >= 0.6 is 0 Å². The fourth-order valence-electron chi connectivity index (χ4n) is 2.22. The maximum absolute atomic E-state index is 11.7. The summed E-state index contributed by atoms with van der Waals surface area (Å²) in [6.45, 7) is 5.39. The maximum atomic E-state index is 11.7. The third-order valence-electron chi connectivity index (χ3n) is 3.52. The van der Waals surface area contributed by atoms with Crippen molar-refractivity contribution in [3.8, 4) is 0 Å². The van der Waals surface area contributed by atoms with Gasteiger partial charge in [0.2, 0.25) is 0 Å². The molecular formula is C13H21N5O. The van der Waals surface area contributed by atoms with Crippen LogP contribution in [-0.4, -0.2) is 29.6 Å². The van der Waals surface area contributed by atoms with Crippen LogP contribution < -0.4 is 21.5 Å². The second-order valence-electron chi connectivity index (χ2n) is 4.95. The first kappa shape index (κ1) is 13.8. The van der Waals surface area contributed by atoms with Gasteiger partial charge < -0.3 is 10.6 Å². The normalized spacial score (nSPS) is 26.1. The lowest BCUT2D eigenvalue weighted by atomic mass is 9.97. The lowest BCUT2D eigenvalue weighted by Crippen LogP contribution is -2.41. The van der Waals surface area contributed by atoms with Crippen LogP contribution in [0.5, 0.6) is 0 Å². The average Bonchev–Trinajstić information content (AvgIpc) is 2.75. The fraction of sp³-hybridized carbons (Fsp3) is 0.538. The Kier molecular flexibility index (Phi) is 4.70. The second kappa shape index (κ2) is 6.49. The van der Waals surface area contributed by atoms with E-state index in [1.54, 1.807) is 12.4 Å². The number of carbonyl (C=O) groups is 1. The number of urea groups is 1. The van der Waals surface area contributed by atoms with Crippen molar-refractivity contribution in [3.05, 3.63) is 30.1 Å². The molecule has 6 nitrogen and oxygen atoms in total. The molecule has 104 valence electrons. The zero-order valence-electron chi connectivity index (χ0n) is 11.3. The van der Waals surface area contributed by atoms with Gasteiger partial charge >= 0.3 is 6.03 Å². The molecule has 2 rings (SSSR count). The number of carbonyl (C=O) groups excluding carboxylic acids is 1. The number of hydrogen-bond acceptors (Lipinski definition) is 4. The van der Waals surface area contributed by atoms with Crippen LogP contribution in [-0.2, 0) is 6.54 Å². The topological polar surface area (TPSA) is 78.1 Å². The molecule has 0 radical (unpaired) electrons. The molecule has 0 spiro atoms. The largest absolute Gasteiger partial charge is 0.338 e. The van der Waals surface area contributed by atoms with E-state index in [4.69, 9.17) is 0 Å². The summed E-state index contributed by atoms with van der Waals surface area (Å²) in [4.78, 5) is 15.6. The number of rotatable bonds is 4. The lowest BCUT2D eigenvalue weighted by molar-refractivity contribution is 0.237. The molecule has 1 saturated heterocycles. The van der Waals surface area contributed by atoms with E-state index in [9.17, 15) is 4.79 Å². The highest BCUT2D eigenvalue weighted by atomic mass is 16.2. The van der Waals surface area contributed by atoms with Gasteiger partial charge in [0.25, 0.3) is 0 Å². The first-order valence-corrected chi connectivity index (χ1v) is 6.58. The van der Waals surface area contributed by atoms with Crippen molar-refractivity contribution in [1.29, 1.82) is 0 Å². The Hall–Kier alpha value is -1.66. The van der Waals surface area contributed by atoms with Crippen molar-refractivity contribution in [1.82, 2.24) is 26.5 Å². The Morgan fingerprint density at radius 3 is 2.47 bits per heavy atom. The molecule has 1 fully saturated rings. The SMILES string of the molecule is CC1NNC(C)C1CNC(=O)NCc1ccncc1. The van der Waals surface area contributed by atoms with Crippen LogP contribution in [0.15, 0.2) is 24.5 Å². The zero-order valence-corrected chi connectivity index (χ0v) is 11.3. The summed E-state index contributed by atoms with van der Waals surface area (Å²) in [5.41, 5.74) is 7.38. The lowest BCUT2D eigenvalue weighted by Gasteiger charge is -2.18. The van der Waals surface area contributed by atoms with Gasteiger partial charge in [-0.25, -0.2) is 4.79 Å². The van der Waals surface area contributed by atoms with Gasteiger partial charge in [-0.15, -0.1) is 0 Å². The molecule has 2 heterocycles. The van der Waals surface area contributed by atoms with Gasteiger partial charge in [0.15, 0.2) is 0 Å². The number of nitrogens with zero attached hydrogens (tertiary/aromatic N) is 1. The van der Waals surface area contributed by atoms with E-state index in [0.717, 1.165) is 5.56 Å². The summed E-state index contributed by atoms with van der Waals surface area (Å²) >= 11 is 0. The first-order valence-electron chi connectivity index (χ1n) is 6.58. The molecule has 4 N–H and O–H groups in total. The molecule has 2 amide bonds. The molecule has 0 aliphatic carbocycles. The van der Waals surface area contributed by atoms with Gasteiger partial charge in [-0.2, -0.15) is 0 Å². The third kappa shape index (κ3) is 3.90. The van der Waals surface area contributed by atoms with Gasteiger partial charge in [0.1, 0.15) is 0 Å². The molecule has 0 aromatic carbocycles. The number of pyridine rings is 1. The Bertz CT molecular complexity index is 401. The van der Waals surface area contributed by atoms with Crippen LogP contribution in [0.4, 0.5) is 4.79 Å². The maximum Gasteiger partial charge on any atom is 0.315 e. The van der Waals surface area contributed by atoms with E-state index in [0.29, 0.717) is 31.1 Å². The van der Waals surface area contributed by atoms with Crippen LogP contribution in [0, 0.1) is 5.92 Å². The van der Waals surface area contributed by atoms with Crippen molar-refractivity contribution in [3.63, 3.8) is 0 Å². The van der Waals surface area contributed by atoms with E-state index in [1.165, 1.54) is 0 Å². The zero-order chi connectivity index (χ0) is 13.7. The Morgan fingerprint density at radius 2 is 1.84 bits per heavy atom. The summed E-state index contributed by atoms with van der Waals surface area (Å²) in [6.07, 6.45) is 3.43. The predicted molar refractivity (Wildman–Crippen MR) is 73.2 cm³/mol. The monoisotopic (exact) mass is 263 g/mol. The van der Waals surface area contributed by atoms with E-state index < -0.39 is 0 Å². The number of nitrogens with one attached hydrogen (secondary N) is 4. The number of amides is 2. The summed E-state index contributed by atoms with van der Waals surface area (Å²) in [6, 6.07) is 4.35. The standard InChI is InChI=1S/C13H21N5O/c1-9-12(10(2)18-17-9)8-16-13(19)15-7-11-3-5-14-6-4-11/h3-6,9-10,12,17-18H,7-8H2,1-2H3,(H2,15,16,19). The number of hydrazine groups is 1. The van der Waals surface area contributed by atoms with Crippen molar-refractivity contribution >= 4 is 6.03 Å². The summed E-state index contributed by atoms with van der Waals surface area (Å²) in [5, 5.41) is 5.74. The van der Waals surface area contributed by atoms with E-state index >= 15 is 0 Å². The van der Waals surface area contributed by atoms with Crippen LogP contribution in [0.25, 0.3) is 0 Å². The Labute approximate surface area is 113 Å². The first-order chi connectivity index (χ1) is 9.16. The highest BCUT2D eigenvalue weighted by Gasteiger charge is 2.29. The van der Waals surface area contributed by atoms with E-state index in [2.05, 4.69) is 40.3 Å². The molecule has 0 bridgehead atoms. The van der Waals surface area contributed by atoms with Crippen molar-refractivity contribution in [2.45, 2.75) is 32.5 Å². The van der Waals surface area contributed by atoms with Crippen molar-refractivity contribution in [2.24, 2.45) is 5.92 Å². The molecule has 1 aliphatic heterocycles. The van der Waals surface area contributed by atoms with E-state index in [1.807, 2.05) is 12.1 Å². The summed E-state index contributed by atoms with van der Waals surface area (Å²) in [5.74, 6) is 0.395.